The molecule has 0 bridgehead atoms. The van der Waals surface area contributed by atoms with Crippen LogP contribution in [0.2, 0.25) is 0 Å². The van der Waals surface area contributed by atoms with Gasteiger partial charge in [-0.3, -0.25) is 4.79 Å². The summed E-state index contributed by atoms with van der Waals surface area (Å²) in [6.07, 6.45) is 4.79. The van der Waals surface area contributed by atoms with E-state index in [1.807, 2.05) is 0 Å². The summed E-state index contributed by atoms with van der Waals surface area (Å²) in [5, 5.41) is 12.8. The Balaban J connectivity index is 1.86. The van der Waals surface area contributed by atoms with E-state index >= 15 is 0 Å². The van der Waals surface area contributed by atoms with Crippen molar-refractivity contribution in [3.8, 4) is 0 Å². The van der Waals surface area contributed by atoms with Crippen molar-refractivity contribution in [3.05, 3.63) is 0 Å². The number of aliphatic hydroxyl groups excluding tert-OH is 1. The number of nitrogens with two attached hydrogens (primary N) is 1. The molecule has 1 heterocycles. The Morgan fingerprint density at radius 2 is 1.89 bits per heavy atom. The first-order chi connectivity index (χ1) is 9.08. The minimum Gasteiger partial charge on any atom is -0.391 e. The topological polar surface area (TPSA) is 95.7 Å². The van der Waals surface area contributed by atoms with Gasteiger partial charge < -0.3 is 21.1 Å². The van der Waals surface area contributed by atoms with E-state index in [0.717, 1.165) is 38.5 Å². The highest BCUT2D eigenvalue weighted by molar-refractivity contribution is 5.80. The van der Waals surface area contributed by atoms with Gasteiger partial charge in [-0.05, 0) is 25.7 Å². The van der Waals surface area contributed by atoms with E-state index in [9.17, 15) is 14.7 Å². The Morgan fingerprint density at radius 3 is 2.58 bits per heavy atom. The van der Waals surface area contributed by atoms with E-state index in [1.54, 1.807) is 0 Å². The third-order valence-corrected chi connectivity index (χ3v) is 4.16. The Bertz CT molecular complexity index is 348. The standard InChI is InChI=1S/C13H23N3O3/c14-13(19)16-7-3-4-9(8-16)12(18)15-10-5-1-2-6-11(10)17/h9-11,17H,1-8H2,(H2,14,19)(H,15,18)/t9?,10-,11-/m1/s1. The molecule has 2 aliphatic rings. The van der Waals surface area contributed by atoms with Crippen molar-refractivity contribution in [2.75, 3.05) is 13.1 Å². The van der Waals surface area contributed by atoms with Gasteiger partial charge in [0.25, 0.3) is 0 Å². The van der Waals surface area contributed by atoms with Gasteiger partial charge in [0.2, 0.25) is 5.91 Å². The predicted molar refractivity (Wildman–Crippen MR) is 70.3 cm³/mol. The fourth-order valence-electron chi connectivity index (χ4n) is 2.97. The van der Waals surface area contributed by atoms with Crippen molar-refractivity contribution < 1.29 is 14.7 Å². The molecule has 4 N–H and O–H groups in total. The molecule has 3 atom stereocenters. The third-order valence-electron chi connectivity index (χ3n) is 4.16. The number of carbonyl (C=O) groups is 2. The van der Waals surface area contributed by atoms with E-state index in [2.05, 4.69) is 5.32 Å². The number of carbonyl (C=O) groups excluding carboxylic acids is 2. The zero-order valence-electron chi connectivity index (χ0n) is 11.2. The minimum atomic E-state index is -0.463. The zero-order chi connectivity index (χ0) is 13.8. The van der Waals surface area contributed by atoms with Crippen LogP contribution in [0.5, 0.6) is 0 Å². The molecule has 6 heteroatoms. The van der Waals surface area contributed by atoms with Crippen molar-refractivity contribution in [1.29, 1.82) is 0 Å². The fourth-order valence-corrected chi connectivity index (χ4v) is 2.97. The molecule has 1 unspecified atom stereocenters. The maximum atomic E-state index is 12.2. The number of rotatable bonds is 2. The van der Waals surface area contributed by atoms with Gasteiger partial charge in [0, 0.05) is 13.1 Å². The van der Waals surface area contributed by atoms with E-state index in [1.165, 1.54) is 4.90 Å². The largest absolute Gasteiger partial charge is 0.391 e. The SMILES string of the molecule is NC(=O)N1CCCC(C(=O)N[C@@H]2CCCC[C@H]2O)C1. The monoisotopic (exact) mass is 269 g/mol. The molecule has 2 fully saturated rings. The number of nitrogens with one attached hydrogen (secondary N) is 1. The second-order valence-electron chi connectivity index (χ2n) is 5.59. The molecule has 1 saturated carbocycles. The Labute approximate surface area is 113 Å². The summed E-state index contributed by atoms with van der Waals surface area (Å²) in [7, 11) is 0. The quantitative estimate of drug-likeness (QED) is 0.668. The van der Waals surface area contributed by atoms with Gasteiger partial charge in [-0.1, -0.05) is 12.8 Å². The summed E-state index contributed by atoms with van der Waals surface area (Å²) >= 11 is 0. The Kier molecular flexibility index (Phi) is 4.63. The van der Waals surface area contributed by atoms with Gasteiger partial charge in [0.1, 0.15) is 0 Å². The maximum Gasteiger partial charge on any atom is 0.314 e. The average molecular weight is 269 g/mol. The molecular weight excluding hydrogens is 246 g/mol. The molecule has 0 aromatic carbocycles. The van der Waals surface area contributed by atoms with Crippen LogP contribution >= 0.6 is 0 Å². The number of likely N-dealkylation sites (tertiary alicyclic amines) is 1. The predicted octanol–water partition coefficient (Wildman–Crippen LogP) is 0.197. The van der Waals surface area contributed by atoms with Crippen LogP contribution in [0.4, 0.5) is 4.79 Å². The first-order valence-corrected chi connectivity index (χ1v) is 7.10. The number of hydrogen-bond acceptors (Lipinski definition) is 3. The van der Waals surface area contributed by atoms with E-state index in [0.29, 0.717) is 13.1 Å². The summed E-state index contributed by atoms with van der Waals surface area (Å²) in [5.41, 5.74) is 5.25. The summed E-state index contributed by atoms with van der Waals surface area (Å²) in [5.74, 6) is -0.257. The summed E-state index contributed by atoms with van der Waals surface area (Å²) < 4.78 is 0. The fraction of sp³-hybridized carbons (Fsp3) is 0.846. The van der Waals surface area contributed by atoms with Crippen molar-refractivity contribution in [1.82, 2.24) is 10.2 Å². The number of piperidine rings is 1. The van der Waals surface area contributed by atoms with Gasteiger partial charge in [-0.25, -0.2) is 4.79 Å². The second-order valence-corrected chi connectivity index (χ2v) is 5.59. The molecule has 19 heavy (non-hydrogen) atoms. The lowest BCUT2D eigenvalue weighted by molar-refractivity contribution is -0.128. The molecule has 0 spiro atoms. The molecule has 0 radical (unpaired) electrons. The first-order valence-electron chi connectivity index (χ1n) is 7.10. The summed E-state index contributed by atoms with van der Waals surface area (Å²) in [6.45, 7) is 1.02. The average Bonchev–Trinajstić information content (AvgIpc) is 2.41. The third kappa shape index (κ3) is 3.59. The molecule has 1 aliphatic heterocycles. The smallest absolute Gasteiger partial charge is 0.314 e. The molecule has 0 aromatic rings. The van der Waals surface area contributed by atoms with E-state index in [4.69, 9.17) is 5.73 Å². The van der Waals surface area contributed by atoms with Crippen LogP contribution in [-0.2, 0) is 4.79 Å². The van der Waals surface area contributed by atoms with Crippen LogP contribution in [0.3, 0.4) is 0 Å². The van der Waals surface area contributed by atoms with Crippen molar-refractivity contribution in [3.63, 3.8) is 0 Å². The van der Waals surface area contributed by atoms with Crippen LogP contribution in [-0.4, -0.2) is 47.2 Å². The molecule has 1 aliphatic carbocycles. The van der Waals surface area contributed by atoms with E-state index in [-0.39, 0.29) is 17.9 Å². The van der Waals surface area contributed by atoms with Crippen molar-refractivity contribution in [2.45, 2.75) is 50.7 Å². The Hall–Kier alpha value is -1.30. The second kappa shape index (κ2) is 6.23. The summed E-state index contributed by atoms with van der Waals surface area (Å²) in [4.78, 5) is 24.8. The molecule has 108 valence electrons. The molecule has 0 aromatic heterocycles. The zero-order valence-corrected chi connectivity index (χ0v) is 11.2. The number of aliphatic hydroxyl groups is 1. The lowest BCUT2D eigenvalue weighted by atomic mass is 9.91. The first kappa shape index (κ1) is 14.1. The van der Waals surface area contributed by atoms with E-state index < -0.39 is 12.1 Å². The maximum absolute atomic E-state index is 12.2. The molecule has 6 nitrogen and oxygen atoms in total. The van der Waals surface area contributed by atoms with Crippen LogP contribution in [0.15, 0.2) is 0 Å². The number of amides is 3. The highest BCUT2D eigenvalue weighted by atomic mass is 16.3. The lowest BCUT2D eigenvalue weighted by Crippen LogP contribution is -2.51. The van der Waals surface area contributed by atoms with Gasteiger partial charge in [-0.2, -0.15) is 0 Å². The normalized spacial score (nSPS) is 31.8. The number of urea groups is 1. The van der Waals surface area contributed by atoms with Crippen LogP contribution < -0.4 is 11.1 Å². The van der Waals surface area contributed by atoms with Gasteiger partial charge in [0.15, 0.2) is 0 Å². The van der Waals surface area contributed by atoms with Crippen molar-refractivity contribution >= 4 is 11.9 Å². The lowest BCUT2D eigenvalue weighted by Gasteiger charge is -2.33. The molecule has 3 amide bonds. The van der Waals surface area contributed by atoms with Crippen molar-refractivity contribution in [2.24, 2.45) is 11.7 Å². The number of primary amides is 1. The highest BCUT2D eigenvalue weighted by Crippen LogP contribution is 2.21. The summed E-state index contributed by atoms with van der Waals surface area (Å²) in [6, 6.07) is -0.597. The molecule has 2 rings (SSSR count). The van der Waals surface area contributed by atoms with Gasteiger partial charge in [-0.15, -0.1) is 0 Å². The molecular formula is C13H23N3O3. The van der Waals surface area contributed by atoms with Gasteiger partial charge in [0.05, 0.1) is 18.1 Å². The number of hydrogen-bond donors (Lipinski definition) is 3. The highest BCUT2D eigenvalue weighted by Gasteiger charge is 2.31. The Morgan fingerprint density at radius 1 is 1.16 bits per heavy atom. The van der Waals surface area contributed by atoms with Gasteiger partial charge >= 0.3 is 6.03 Å². The van der Waals surface area contributed by atoms with Crippen LogP contribution in [0.25, 0.3) is 0 Å². The van der Waals surface area contributed by atoms with Crippen LogP contribution in [0, 0.1) is 5.92 Å². The molecule has 1 saturated heterocycles. The number of nitrogens with zero attached hydrogens (tertiary/aromatic N) is 1. The minimum absolute atomic E-state index is 0.0584. The van der Waals surface area contributed by atoms with Crippen LogP contribution in [0.1, 0.15) is 38.5 Å².